The number of thiazole rings is 1. The van der Waals surface area contributed by atoms with Crippen molar-refractivity contribution in [3.63, 3.8) is 0 Å². The highest BCUT2D eigenvalue weighted by molar-refractivity contribution is 7.11. The third-order valence-corrected chi connectivity index (χ3v) is 2.87. The standard InChI is InChI=1S/C8H9F5N2S/c1-2-14-5(6(9)10)4-3-15-7(16-4)8(11,12)13/h3,5-6,14H,2H2,1H3. The number of hydrogen-bond acceptors (Lipinski definition) is 3. The molecule has 0 aliphatic rings. The molecule has 1 N–H and O–H groups in total. The van der Waals surface area contributed by atoms with Crippen molar-refractivity contribution >= 4 is 11.3 Å². The molecular weight excluding hydrogens is 251 g/mol. The molecule has 16 heavy (non-hydrogen) atoms. The first kappa shape index (κ1) is 13.3. The van der Waals surface area contributed by atoms with Gasteiger partial charge in [-0.25, -0.2) is 13.8 Å². The maximum Gasteiger partial charge on any atom is 0.443 e. The van der Waals surface area contributed by atoms with Crippen LogP contribution in [0.2, 0.25) is 0 Å². The van der Waals surface area contributed by atoms with E-state index in [1.807, 2.05) is 0 Å². The lowest BCUT2D eigenvalue weighted by molar-refractivity contribution is -0.137. The fourth-order valence-corrected chi connectivity index (χ4v) is 1.96. The van der Waals surface area contributed by atoms with Gasteiger partial charge in [0.15, 0.2) is 5.01 Å². The number of rotatable bonds is 4. The van der Waals surface area contributed by atoms with Crippen LogP contribution in [0.25, 0.3) is 0 Å². The van der Waals surface area contributed by atoms with Crippen LogP contribution in [-0.4, -0.2) is 18.0 Å². The molecule has 1 atom stereocenters. The summed E-state index contributed by atoms with van der Waals surface area (Å²) in [4.78, 5) is 2.99. The fraction of sp³-hybridized carbons (Fsp3) is 0.625. The normalized spacial score (nSPS) is 14.4. The quantitative estimate of drug-likeness (QED) is 0.841. The highest BCUT2D eigenvalue weighted by Crippen LogP contribution is 2.35. The fourth-order valence-electron chi connectivity index (χ4n) is 1.10. The lowest BCUT2D eigenvalue weighted by Crippen LogP contribution is -2.26. The summed E-state index contributed by atoms with van der Waals surface area (Å²) in [5.41, 5.74) is 0. The summed E-state index contributed by atoms with van der Waals surface area (Å²) in [6.07, 6.45) is -6.50. The molecule has 0 amide bonds. The zero-order valence-electron chi connectivity index (χ0n) is 8.18. The largest absolute Gasteiger partial charge is 0.443 e. The highest BCUT2D eigenvalue weighted by atomic mass is 32.1. The van der Waals surface area contributed by atoms with Gasteiger partial charge in [0, 0.05) is 11.1 Å². The average molecular weight is 260 g/mol. The molecule has 1 aromatic heterocycles. The lowest BCUT2D eigenvalue weighted by Gasteiger charge is -2.14. The van der Waals surface area contributed by atoms with Crippen molar-refractivity contribution in [2.75, 3.05) is 6.54 Å². The molecule has 1 aromatic rings. The average Bonchev–Trinajstić information content (AvgIpc) is 2.61. The van der Waals surface area contributed by atoms with E-state index < -0.39 is 23.7 Å². The Bertz CT molecular complexity index is 335. The van der Waals surface area contributed by atoms with Crippen LogP contribution in [0.4, 0.5) is 22.0 Å². The van der Waals surface area contributed by atoms with Crippen molar-refractivity contribution in [2.45, 2.75) is 25.6 Å². The molecule has 1 rings (SSSR count). The topological polar surface area (TPSA) is 24.9 Å². The monoisotopic (exact) mass is 260 g/mol. The van der Waals surface area contributed by atoms with Gasteiger partial charge in [-0.3, -0.25) is 0 Å². The van der Waals surface area contributed by atoms with Gasteiger partial charge in [0.25, 0.3) is 6.43 Å². The summed E-state index contributed by atoms with van der Waals surface area (Å²) in [6.45, 7) is 1.84. The molecular formula is C8H9F5N2S. The second-order valence-electron chi connectivity index (χ2n) is 2.94. The van der Waals surface area contributed by atoms with Crippen LogP contribution >= 0.6 is 11.3 Å². The second kappa shape index (κ2) is 5.05. The van der Waals surface area contributed by atoms with Gasteiger partial charge >= 0.3 is 6.18 Å². The van der Waals surface area contributed by atoms with Gasteiger partial charge in [-0.05, 0) is 6.54 Å². The van der Waals surface area contributed by atoms with Crippen molar-refractivity contribution in [3.8, 4) is 0 Å². The summed E-state index contributed by atoms with van der Waals surface area (Å²) in [5.74, 6) is 0. The first-order valence-corrected chi connectivity index (χ1v) is 5.22. The Kier molecular flexibility index (Phi) is 4.20. The van der Waals surface area contributed by atoms with Crippen LogP contribution in [0.1, 0.15) is 22.9 Å². The molecule has 1 unspecified atom stereocenters. The summed E-state index contributed by atoms with van der Waals surface area (Å²) in [5, 5.41) is 1.31. The molecule has 0 saturated heterocycles. The summed E-state index contributed by atoms with van der Waals surface area (Å²) >= 11 is 0.238. The SMILES string of the molecule is CCNC(c1cnc(C(F)(F)F)s1)C(F)F. The van der Waals surface area contributed by atoms with E-state index in [2.05, 4.69) is 10.3 Å². The first-order chi connectivity index (χ1) is 7.36. The third-order valence-electron chi connectivity index (χ3n) is 1.75. The zero-order chi connectivity index (χ0) is 12.3. The van der Waals surface area contributed by atoms with E-state index in [-0.39, 0.29) is 22.8 Å². The molecule has 92 valence electrons. The molecule has 0 saturated carbocycles. The maximum absolute atomic E-state index is 12.5. The number of alkyl halides is 5. The van der Waals surface area contributed by atoms with Crippen molar-refractivity contribution in [2.24, 2.45) is 0 Å². The van der Waals surface area contributed by atoms with Crippen LogP contribution in [0.5, 0.6) is 0 Å². The van der Waals surface area contributed by atoms with E-state index in [0.29, 0.717) is 0 Å². The molecule has 0 aliphatic heterocycles. The van der Waals surface area contributed by atoms with E-state index in [4.69, 9.17) is 0 Å². The van der Waals surface area contributed by atoms with Crippen molar-refractivity contribution in [1.82, 2.24) is 10.3 Å². The Labute approximate surface area is 92.5 Å². The molecule has 8 heteroatoms. The van der Waals surface area contributed by atoms with E-state index in [1.165, 1.54) is 0 Å². The highest BCUT2D eigenvalue weighted by Gasteiger charge is 2.36. The van der Waals surface area contributed by atoms with Gasteiger partial charge in [0.2, 0.25) is 0 Å². The predicted octanol–water partition coefficient (Wildman–Crippen LogP) is 3.08. The molecule has 0 aromatic carbocycles. The van der Waals surface area contributed by atoms with Gasteiger partial charge < -0.3 is 5.32 Å². The van der Waals surface area contributed by atoms with Crippen LogP contribution in [0, 0.1) is 0 Å². The summed E-state index contributed by atoms with van der Waals surface area (Å²) in [7, 11) is 0. The molecule has 0 fully saturated rings. The summed E-state index contributed by atoms with van der Waals surface area (Å²) < 4.78 is 61.6. The molecule has 0 bridgehead atoms. The lowest BCUT2D eigenvalue weighted by atomic mass is 10.3. The smallest absolute Gasteiger partial charge is 0.305 e. The molecule has 0 spiro atoms. The van der Waals surface area contributed by atoms with Crippen LogP contribution in [-0.2, 0) is 6.18 Å². The van der Waals surface area contributed by atoms with Crippen molar-refractivity contribution < 1.29 is 22.0 Å². The Hall–Kier alpha value is -0.760. The minimum absolute atomic E-state index is 0.107. The van der Waals surface area contributed by atoms with Crippen LogP contribution < -0.4 is 5.32 Å². The molecule has 2 nitrogen and oxygen atoms in total. The Morgan fingerprint density at radius 3 is 2.44 bits per heavy atom. The first-order valence-electron chi connectivity index (χ1n) is 4.40. The number of nitrogens with zero attached hydrogens (tertiary/aromatic N) is 1. The van der Waals surface area contributed by atoms with Crippen LogP contribution in [0.3, 0.4) is 0 Å². The van der Waals surface area contributed by atoms with Gasteiger partial charge in [-0.1, -0.05) is 6.92 Å². The minimum atomic E-state index is -4.58. The number of aromatic nitrogens is 1. The third kappa shape index (κ3) is 3.11. The van der Waals surface area contributed by atoms with E-state index in [0.717, 1.165) is 6.20 Å². The van der Waals surface area contributed by atoms with Gasteiger partial charge in [0.1, 0.15) is 6.04 Å². The Morgan fingerprint density at radius 1 is 1.44 bits per heavy atom. The number of hydrogen-bond donors (Lipinski definition) is 1. The molecule has 1 heterocycles. The molecule has 0 aliphatic carbocycles. The van der Waals surface area contributed by atoms with E-state index in [1.54, 1.807) is 6.92 Å². The van der Waals surface area contributed by atoms with Crippen molar-refractivity contribution in [1.29, 1.82) is 0 Å². The number of nitrogens with one attached hydrogen (secondary N) is 1. The van der Waals surface area contributed by atoms with E-state index in [9.17, 15) is 22.0 Å². The van der Waals surface area contributed by atoms with Crippen molar-refractivity contribution in [3.05, 3.63) is 16.1 Å². The van der Waals surface area contributed by atoms with Crippen LogP contribution in [0.15, 0.2) is 6.20 Å². The predicted molar refractivity (Wildman–Crippen MR) is 49.5 cm³/mol. The Morgan fingerprint density at radius 2 is 2.06 bits per heavy atom. The van der Waals surface area contributed by atoms with Gasteiger partial charge in [-0.2, -0.15) is 13.2 Å². The molecule has 0 radical (unpaired) electrons. The maximum atomic E-state index is 12.5. The number of halogens is 5. The second-order valence-corrected chi connectivity index (χ2v) is 4.00. The Balaban J connectivity index is 2.90. The van der Waals surface area contributed by atoms with Gasteiger partial charge in [-0.15, -0.1) is 11.3 Å². The zero-order valence-corrected chi connectivity index (χ0v) is 9.00. The minimum Gasteiger partial charge on any atom is -0.305 e. The summed E-state index contributed by atoms with van der Waals surface area (Å²) in [6, 6.07) is -1.39. The van der Waals surface area contributed by atoms with E-state index >= 15 is 0 Å². The van der Waals surface area contributed by atoms with Gasteiger partial charge in [0.05, 0.1) is 0 Å².